The lowest BCUT2D eigenvalue weighted by atomic mass is 9.90. The first-order valence-corrected chi connectivity index (χ1v) is 7.09. The summed E-state index contributed by atoms with van der Waals surface area (Å²) in [6, 6.07) is -0.0769. The number of aliphatic hydroxyl groups excluding tert-OH is 1. The molecular formula is C14H16ClF4NO. The Morgan fingerprint density at radius 1 is 1.24 bits per heavy atom. The Labute approximate surface area is 124 Å². The molecule has 2 nitrogen and oxygen atoms in total. The number of nitrogens with two attached hydrogens (primary N) is 1. The van der Waals surface area contributed by atoms with Gasteiger partial charge in [0.15, 0.2) is 0 Å². The van der Waals surface area contributed by atoms with Crippen molar-refractivity contribution in [2.45, 2.75) is 44.0 Å². The topological polar surface area (TPSA) is 46.2 Å². The van der Waals surface area contributed by atoms with Crippen molar-refractivity contribution in [3.63, 3.8) is 0 Å². The molecule has 2 rings (SSSR count). The molecular weight excluding hydrogens is 310 g/mol. The maximum Gasteiger partial charge on any atom is 0.416 e. The predicted molar refractivity (Wildman–Crippen MR) is 71.3 cm³/mol. The average Bonchev–Trinajstić information content (AvgIpc) is 2.92. The van der Waals surface area contributed by atoms with E-state index in [9.17, 15) is 22.7 Å². The van der Waals surface area contributed by atoms with Crippen molar-refractivity contribution in [3.05, 3.63) is 34.1 Å². The number of alkyl halides is 3. The van der Waals surface area contributed by atoms with Gasteiger partial charge in [-0.2, -0.15) is 13.2 Å². The molecule has 0 aromatic heterocycles. The van der Waals surface area contributed by atoms with E-state index in [1.54, 1.807) is 0 Å². The second-order valence-corrected chi connectivity index (χ2v) is 5.83. The Kier molecular flexibility index (Phi) is 4.80. The van der Waals surface area contributed by atoms with E-state index < -0.39 is 40.3 Å². The Morgan fingerprint density at radius 2 is 1.81 bits per heavy atom. The van der Waals surface area contributed by atoms with E-state index in [2.05, 4.69) is 0 Å². The summed E-state index contributed by atoms with van der Waals surface area (Å²) in [6.07, 6.45) is -2.39. The molecule has 1 aromatic carbocycles. The van der Waals surface area contributed by atoms with Gasteiger partial charge in [0, 0.05) is 5.56 Å². The minimum atomic E-state index is -4.65. The van der Waals surface area contributed by atoms with Crippen LogP contribution in [0.1, 0.15) is 42.9 Å². The molecule has 1 aromatic rings. The molecule has 1 aliphatic rings. The molecule has 3 N–H and O–H groups in total. The van der Waals surface area contributed by atoms with Gasteiger partial charge in [0.2, 0.25) is 0 Å². The van der Waals surface area contributed by atoms with Gasteiger partial charge in [0.25, 0.3) is 0 Å². The van der Waals surface area contributed by atoms with Crippen LogP contribution >= 0.6 is 11.6 Å². The van der Waals surface area contributed by atoms with Crippen LogP contribution in [0.25, 0.3) is 0 Å². The third kappa shape index (κ3) is 3.49. The molecule has 0 spiro atoms. The monoisotopic (exact) mass is 325 g/mol. The molecule has 1 aliphatic carbocycles. The van der Waals surface area contributed by atoms with Crippen LogP contribution in [0.5, 0.6) is 0 Å². The Balaban J connectivity index is 2.35. The summed E-state index contributed by atoms with van der Waals surface area (Å²) >= 11 is 5.52. The van der Waals surface area contributed by atoms with Crippen molar-refractivity contribution in [1.29, 1.82) is 0 Å². The summed E-state index contributed by atoms with van der Waals surface area (Å²) in [5, 5.41) is 9.52. The zero-order valence-electron chi connectivity index (χ0n) is 11.1. The highest BCUT2D eigenvalue weighted by Crippen LogP contribution is 2.38. The Bertz CT molecular complexity index is 514. The molecule has 7 heteroatoms. The van der Waals surface area contributed by atoms with Crippen LogP contribution in [-0.4, -0.2) is 11.2 Å². The van der Waals surface area contributed by atoms with Gasteiger partial charge < -0.3 is 10.8 Å². The molecule has 0 amide bonds. The molecule has 0 radical (unpaired) electrons. The van der Waals surface area contributed by atoms with Crippen molar-refractivity contribution in [2.24, 2.45) is 11.7 Å². The van der Waals surface area contributed by atoms with Crippen molar-refractivity contribution >= 4 is 11.6 Å². The molecule has 118 valence electrons. The minimum absolute atomic E-state index is 0.118. The third-order valence-corrected chi connectivity index (χ3v) is 4.27. The fraction of sp³-hybridized carbons (Fsp3) is 0.571. The van der Waals surface area contributed by atoms with Gasteiger partial charge in [-0.1, -0.05) is 24.4 Å². The van der Waals surface area contributed by atoms with Crippen LogP contribution in [0.3, 0.4) is 0 Å². The maximum atomic E-state index is 14.0. The number of rotatable bonds is 3. The highest BCUT2D eigenvalue weighted by Gasteiger charge is 2.35. The van der Waals surface area contributed by atoms with Gasteiger partial charge in [-0.05, 0) is 30.9 Å². The highest BCUT2D eigenvalue weighted by molar-refractivity contribution is 6.30. The van der Waals surface area contributed by atoms with Crippen molar-refractivity contribution in [3.8, 4) is 0 Å². The van der Waals surface area contributed by atoms with Crippen LogP contribution in [0.4, 0.5) is 17.6 Å². The molecule has 0 aliphatic heterocycles. The number of benzene rings is 1. The molecule has 0 heterocycles. The maximum absolute atomic E-state index is 14.0. The van der Waals surface area contributed by atoms with Crippen LogP contribution in [-0.2, 0) is 6.18 Å². The Morgan fingerprint density at radius 3 is 2.33 bits per heavy atom. The van der Waals surface area contributed by atoms with E-state index in [1.807, 2.05) is 0 Å². The van der Waals surface area contributed by atoms with Crippen molar-refractivity contribution < 1.29 is 22.7 Å². The van der Waals surface area contributed by atoms with Gasteiger partial charge in [0.05, 0.1) is 22.7 Å². The first-order valence-electron chi connectivity index (χ1n) is 6.71. The molecule has 1 saturated carbocycles. The van der Waals surface area contributed by atoms with Gasteiger partial charge in [-0.15, -0.1) is 0 Å². The van der Waals surface area contributed by atoms with E-state index in [-0.39, 0.29) is 5.92 Å². The van der Waals surface area contributed by atoms with E-state index in [4.69, 9.17) is 17.3 Å². The first-order chi connectivity index (χ1) is 9.71. The zero-order chi connectivity index (χ0) is 15.8. The van der Waals surface area contributed by atoms with Gasteiger partial charge >= 0.3 is 6.18 Å². The lowest BCUT2D eigenvalue weighted by Gasteiger charge is -2.25. The number of hydrogen-bond donors (Lipinski definition) is 2. The van der Waals surface area contributed by atoms with Gasteiger partial charge in [-0.3, -0.25) is 0 Å². The van der Waals surface area contributed by atoms with Crippen molar-refractivity contribution in [1.82, 2.24) is 0 Å². The molecule has 0 unspecified atom stereocenters. The average molecular weight is 326 g/mol. The summed E-state index contributed by atoms with van der Waals surface area (Å²) in [7, 11) is 0. The van der Waals surface area contributed by atoms with E-state index in [1.165, 1.54) is 0 Å². The summed E-state index contributed by atoms with van der Waals surface area (Å²) < 4.78 is 52.3. The molecule has 1 fully saturated rings. The SMILES string of the molecule is N[C@@H](c1cc(C(F)(F)F)cc(Cl)c1F)[C@H](O)C1CCCC1. The van der Waals surface area contributed by atoms with Crippen LogP contribution in [0.2, 0.25) is 5.02 Å². The minimum Gasteiger partial charge on any atom is -0.391 e. The molecule has 0 saturated heterocycles. The Hall–Kier alpha value is -0.850. The quantitative estimate of drug-likeness (QED) is 0.824. The fourth-order valence-electron chi connectivity index (χ4n) is 2.79. The van der Waals surface area contributed by atoms with E-state index in [0.29, 0.717) is 12.1 Å². The third-order valence-electron chi connectivity index (χ3n) is 3.99. The summed E-state index contributed by atoms with van der Waals surface area (Å²) in [6.45, 7) is 0. The second-order valence-electron chi connectivity index (χ2n) is 5.42. The lowest BCUT2D eigenvalue weighted by molar-refractivity contribution is -0.137. The van der Waals surface area contributed by atoms with Gasteiger partial charge in [-0.25, -0.2) is 4.39 Å². The van der Waals surface area contributed by atoms with E-state index in [0.717, 1.165) is 25.7 Å². The molecule has 2 atom stereocenters. The number of aliphatic hydroxyl groups is 1. The van der Waals surface area contributed by atoms with Crippen LogP contribution < -0.4 is 5.73 Å². The number of hydrogen-bond acceptors (Lipinski definition) is 2. The van der Waals surface area contributed by atoms with Crippen LogP contribution in [0, 0.1) is 11.7 Å². The first kappa shape index (κ1) is 16.5. The largest absolute Gasteiger partial charge is 0.416 e. The zero-order valence-corrected chi connectivity index (χ0v) is 11.9. The number of halogens is 5. The summed E-state index contributed by atoms with van der Waals surface area (Å²) in [5.74, 6) is -1.12. The summed E-state index contributed by atoms with van der Waals surface area (Å²) in [4.78, 5) is 0. The second kappa shape index (κ2) is 6.10. The normalized spacial score (nSPS) is 19.8. The lowest BCUT2D eigenvalue weighted by Crippen LogP contribution is -2.33. The molecule has 21 heavy (non-hydrogen) atoms. The highest BCUT2D eigenvalue weighted by atomic mass is 35.5. The van der Waals surface area contributed by atoms with E-state index >= 15 is 0 Å². The van der Waals surface area contributed by atoms with Gasteiger partial charge in [0.1, 0.15) is 5.82 Å². The fourth-order valence-corrected chi connectivity index (χ4v) is 3.02. The van der Waals surface area contributed by atoms with Crippen molar-refractivity contribution in [2.75, 3.05) is 0 Å². The smallest absolute Gasteiger partial charge is 0.391 e. The predicted octanol–water partition coefficient (Wildman–Crippen LogP) is 4.05. The standard InChI is InChI=1S/C14H16ClF4NO/c15-10-6-8(14(17,18)19)5-9(11(10)16)12(20)13(21)7-3-1-2-4-7/h5-7,12-13,21H,1-4,20H2/t12-,13+/m0/s1. The summed E-state index contributed by atoms with van der Waals surface area (Å²) in [5.41, 5.74) is 4.32. The van der Waals surface area contributed by atoms with Crippen LogP contribution in [0.15, 0.2) is 12.1 Å². The molecule has 0 bridgehead atoms.